The zero-order chi connectivity index (χ0) is 15.0. The topological polar surface area (TPSA) is 58.6 Å². The fourth-order valence-electron chi connectivity index (χ4n) is 1.60. The summed E-state index contributed by atoms with van der Waals surface area (Å²) < 4.78 is 31.0. The molecule has 0 aliphatic carbocycles. The molecule has 20 heavy (non-hydrogen) atoms. The van der Waals surface area contributed by atoms with Crippen LogP contribution >= 0.6 is 0 Å². The average molecular weight is 300 g/mol. The van der Waals surface area contributed by atoms with Crippen molar-refractivity contribution in [2.24, 2.45) is 0 Å². The summed E-state index contributed by atoms with van der Waals surface area (Å²) in [4.78, 5) is 0.290. The Labute approximate surface area is 122 Å². The van der Waals surface area contributed by atoms with Crippen LogP contribution in [0.4, 0.5) is 0 Å². The summed E-state index contributed by atoms with van der Waals surface area (Å²) >= 11 is 0. The third kappa shape index (κ3) is 4.77. The second-order valence-corrected chi connectivity index (χ2v) is 6.53. The summed E-state index contributed by atoms with van der Waals surface area (Å²) in [6, 6.07) is 6.54. The summed E-state index contributed by atoms with van der Waals surface area (Å²) in [6.45, 7) is 6.69. The van der Waals surface area contributed by atoms with Gasteiger partial charge in [-0.15, -0.1) is 0 Å². The second kappa shape index (κ2) is 8.24. The number of nitrogens with one attached hydrogen (secondary N) is 1. The van der Waals surface area contributed by atoms with Crippen molar-refractivity contribution < 1.29 is 13.2 Å². The molecule has 1 aromatic rings. The van der Waals surface area contributed by atoms with E-state index in [0.29, 0.717) is 23.8 Å². The van der Waals surface area contributed by atoms with E-state index in [4.69, 9.17) is 4.74 Å². The van der Waals surface area contributed by atoms with Gasteiger partial charge in [-0.05, 0) is 37.2 Å². The summed E-state index contributed by atoms with van der Waals surface area (Å²) in [5, 5.41) is 3.24. The van der Waals surface area contributed by atoms with Crippen molar-refractivity contribution >= 4 is 10.0 Å². The molecule has 0 fully saturated rings. The molecule has 1 rings (SSSR count). The van der Waals surface area contributed by atoms with E-state index < -0.39 is 10.0 Å². The molecule has 0 radical (unpaired) electrons. The number of nitrogens with zero attached hydrogens (tertiary/aromatic N) is 1. The van der Waals surface area contributed by atoms with Crippen molar-refractivity contribution in [1.29, 1.82) is 0 Å². The van der Waals surface area contributed by atoms with Crippen LogP contribution in [-0.4, -0.2) is 46.0 Å². The Bertz CT molecular complexity index is 486. The van der Waals surface area contributed by atoms with Crippen molar-refractivity contribution in [3.05, 3.63) is 24.3 Å². The maximum atomic E-state index is 12.1. The Balaban J connectivity index is 2.56. The molecular weight excluding hydrogens is 276 g/mol. The molecule has 0 saturated carbocycles. The first-order valence-corrected chi connectivity index (χ1v) is 8.36. The lowest BCUT2D eigenvalue weighted by atomic mass is 10.3. The van der Waals surface area contributed by atoms with Crippen LogP contribution < -0.4 is 10.1 Å². The quantitative estimate of drug-likeness (QED) is 0.705. The lowest BCUT2D eigenvalue weighted by molar-refractivity contribution is 0.314. The van der Waals surface area contributed by atoms with Gasteiger partial charge in [0.15, 0.2) is 0 Å². The number of hydrogen-bond donors (Lipinski definition) is 1. The summed E-state index contributed by atoms with van der Waals surface area (Å²) in [5.74, 6) is 0.682. The monoisotopic (exact) mass is 300 g/mol. The third-order valence-electron chi connectivity index (χ3n) is 2.95. The molecule has 0 atom stereocenters. The van der Waals surface area contributed by atoms with Gasteiger partial charge in [0.2, 0.25) is 10.0 Å². The van der Waals surface area contributed by atoms with Crippen LogP contribution in [0.2, 0.25) is 0 Å². The highest BCUT2D eigenvalue weighted by Gasteiger charge is 2.18. The second-order valence-electron chi connectivity index (χ2n) is 4.49. The van der Waals surface area contributed by atoms with Crippen LogP contribution in [0.3, 0.4) is 0 Å². The standard InChI is InChI=1S/C14H24N2O3S/c1-4-10-15-11-12-19-13-6-8-14(9-7-13)20(17,18)16(3)5-2/h6-9,15H,4-5,10-12H2,1-3H3. The molecule has 1 aromatic carbocycles. The Morgan fingerprint density at radius 2 is 1.80 bits per heavy atom. The first-order valence-electron chi connectivity index (χ1n) is 6.92. The molecule has 5 nitrogen and oxygen atoms in total. The lowest BCUT2D eigenvalue weighted by Gasteiger charge is -2.15. The fraction of sp³-hybridized carbons (Fsp3) is 0.571. The minimum Gasteiger partial charge on any atom is -0.492 e. The molecule has 0 aliphatic heterocycles. The van der Waals surface area contributed by atoms with Crippen molar-refractivity contribution in [2.75, 3.05) is 33.3 Å². The SMILES string of the molecule is CCCNCCOc1ccc(S(=O)(=O)N(C)CC)cc1. The number of sulfonamides is 1. The van der Waals surface area contributed by atoms with E-state index in [9.17, 15) is 8.42 Å². The molecule has 0 unspecified atom stereocenters. The summed E-state index contributed by atoms with van der Waals surface area (Å²) in [6.07, 6.45) is 1.09. The van der Waals surface area contributed by atoms with Crippen LogP contribution in [0, 0.1) is 0 Å². The minimum atomic E-state index is -3.37. The van der Waals surface area contributed by atoms with E-state index in [-0.39, 0.29) is 0 Å². The van der Waals surface area contributed by atoms with Gasteiger partial charge in [-0.2, -0.15) is 0 Å². The van der Waals surface area contributed by atoms with Crippen molar-refractivity contribution in [1.82, 2.24) is 9.62 Å². The summed E-state index contributed by atoms with van der Waals surface area (Å²) in [7, 11) is -1.80. The maximum absolute atomic E-state index is 12.1. The fourth-order valence-corrected chi connectivity index (χ4v) is 2.78. The molecule has 1 N–H and O–H groups in total. The summed E-state index contributed by atoms with van der Waals surface area (Å²) in [5.41, 5.74) is 0. The van der Waals surface area contributed by atoms with Gasteiger partial charge < -0.3 is 10.1 Å². The van der Waals surface area contributed by atoms with Crippen LogP contribution in [0.25, 0.3) is 0 Å². The van der Waals surface area contributed by atoms with Crippen molar-refractivity contribution in [3.63, 3.8) is 0 Å². The van der Waals surface area contributed by atoms with E-state index in [0.717, 1.165) is 19.5 Å². The van der Waals surface area contributed by atoms with Gasteiger partial charge in [0.1, 0.15) is 12.4 Å². The predicted molar refractivity (Wildman–Crippen MR) is 80.6 cm³/mol. The molecule has 0 aliphatic rings. The average Bonchev–Trinajstić information content (AvgIpc) is 2.46. The number of ether oxygens (including phenoxy) is 1. The molecular formula is C14H24N2O3S. The zero-order valence-corrected chi connectivity index (χ0v) is 13.2. The minimum absolute atomic E-state index is 0.290. The lowest BCUT2D eigenvalue weighted by Crippen LogP contribution is -2.26. The maximum Gasteiger partial charge on any atom is 0.242 e. The Hall–Kier alpha value is -1.11. The van der Waals surface area contributed by atoms with E-state index in [1.165, 1.54) is 4.31 Å². The van der Waals surface area contributed by atoms with Crippen LogP contribution in [-0.2, 0) is 10.0 Å². The van der Waals surface area contributed by atoms with E-state index in [1.54, 1.807) is 38.2 Å². The third-order valence-corrected chi connectivity index (χ3v) is 4.90. The largest absolute Gasteiger partial charge is 0.492 e. The Morgan fingerprint density at radius 1 is 1.15 bits per heavy atom. The van der Waals surface area contributed by atoms with Gasteiger partial charge in [0, 0.05) is 20.1 Å². The molecule has 0 saturated heterocycles. The van der Waals surface area contributed by atoms with Crippen LogP contribution in [0.5, 0.6) is 5.75 Å². The molecule has 6 heteroatoms. The molecule has 0 heterocycles. The normalized spacial score (nSPS) is 11.8. The van der Waals surface area contributed by atoms with Gasteiger partial charge >= 0.3 is 0 Å². The molecule has 0 spiro atoms. The first kappa shape index (κ1) is 16.9. The van der Waals surface area contributed by atoms with E-state index in [1.807, 2.05) is 0 Å². The molecule has 114 valence electrons. The van der Waals surface area contributed by atoms with Gasteiger partial charge in [-0.1, -0.05) is 13.8 Å². The first-order chi connectivity index (χ1) is 9.52. The highest BCUT2D eigenvalue weighted by molar-refractivity contribution is 7.89. The van der Waals surface area contributed by atoms with Gasteiger partial charge in [0.25, 0.3) is 0 Å². The van der Waals surface area contributed by atoms with Gasteiger partial charge in [-0.3, -0.25) is 0 Å². The number of benzene rings is 1. The smallest absolute Gasteiger partial charge is 0.242 e. The molecule has 0 aromatic heterocycles. The van der Waals surface area contributed by atoms with Crippen LogP contribution in [0.15, 0.2) is 29.2 Å². The Kier molecular flexibility index (Phi) is 6.98. The zero-order valence-electron chi connectivity index (χ0n) is 12.4. The number of rotatable bonds is 9. The van der Waals surface area contributed by atoms with Crippen molar-refractivity contribution in [2.45, 2.75) is 25.2 Å². The Morgan fingerprint density at radius 3 is 2.35 bits per heavy atom. The highest BCUT2D eigenvalue weighted by atomic mass is 32.2. The molecule has 0 bridgehead atoms. The van der Waals surface area contributed by atoms with E-state index in [2.05, 4.69) is 12.2 Å². The predicted octanol–water partition coefficient (Wildman–Crippen LogP) is 1.71. The van der Waals surface area contributed by atoms with Gasteiger partial charge in [-0.25, -0.2) is 12.7 Å². The number of hydrogen-bond acceptors (Lipinski definition) is 4. The highest BCUT2D eigenvalue weighted by Crippen LogP contribution is 2.18. The van der Waals surface area contributed by atoms with E-state index >= 15 is 0 Å². The van der Waals surface area contributed by atoms with Crippen LogP contribution in [0.1, 0.15) is 20.3 Å². The molecule has 0 amide bonds. The van der Waals surface area contributed by atoms with Gasteiger partial charge in [0.05, 0.1) is 4.90 Å². The van der Waals surface area contributed by atoms with Crippen molar-refractivity contribution in [3.8, 4) is 5.75 Å².